The van der Waals surface area contributed by atoms with Gasteiger partial charge in [0.1, 0.15) is 0 Å². The summed E-state index contributed by atoms with van der Waals surface area (Å²) in [6.07, 6.45) is 4.28. The second-order valence-corrected chi connectivity index (χ2v) is 2.57. The molecule has 0 spiro atoms. The molecule has 52 valence electrons. The summed E-state index contributed by atoms with van der Waals surface area (Å²) in [7, 11) is 0. The normalized spacial score (nSPS) is 12.7. The molecule has 0 amide bonds. The molecule has 0 fully saturated rings. The van der Waals surface area contributed by atoms with Gasteiger partial charge in [0.15, 0.2) is 0 Å². The Morgan fingerprint density at radius 1 is 1.67 bits per heavy atom. The molecule has 0 heteroatoms. The summed E-state index contributed by atoms with van der Waals surface area (Å²) in [4.78, 5) is 0. The van der Waals surface area contributed by atoms with Crippen molar-refractivity contribution in [3.05, 3.63) is 24.8 Å². The second kappa shape index (κ2) is 4.37. The van der Waals surface area contributed by atoms with Gasteiger partial charge in [-0.3, -0.25) is 0 Å². The molecule has 0 radical (unpaired) electrons. The maximum atomic E-state index is 3.84. The first-order valence-corrected chi connectivity index (χ1v) is 3.47. The summed E-state index contributed by atoms with van der Waals surface area (Å²) < 4.78 is 0. The third kappa shape index (κ3) is 4.01. The van der Waals surface area contributed by atoms with Crippen LogP contribution in [0.4, 0.5) is 0 Å². The predicted octanol–water partition coefficient (Wildman–Crippen LogP) is 3.16. The third-order valence-corrected chi connectivity index (χ3v) is 1.47. The number of hydrogen-bond acceptors (Lipinski definition) is 0. The van der Waals surface area contributed by atoms with Crippen molar-refractivity contribution in [2.75, 3.05) is 0 Å². The molecule has 0 aliphatic rings. The van der Waals surface area contributed by atoms with Crippen molar-refractivity contribution < 1.29 is 0 Å². The largest absolute Gasteiger partial charge is 0.103 e. The van der Waals surface area contributed by atoms with E-state index in [1.165, 1.54) is 12.0 Å². The van der Waals surface area contributed by atoms with Gasteiger partial charge >= 0.3 is 0 Å². The average molecular weight is 124 g/mol. The fraction of sp³-hybridized carbons (Fsp3) is 0.556. The van der Waals surface area contributed by atoms with E-state index < -0.39 is 0 Å². The molecule has 1 unspecified atom stereocenters. The molecule has 0 saturated carbocycles. The van der Waals surface area contributed by atoms with Crippen molar-refractivity contribution in [1.29, 1.82) is 0 Å². The minimum atomic E-state index is 0.641. The van der Waals surface area contributed by atoms with E-state index in [2.05, 4.69) is 27.0 Å². The first-order chi connectivity index (χ1) is 4.20. The molecule has 0 aliphatic heterocycles. The molecule has 9 heavy (non-hydrogen) atoms. The molecule has 1 atom stereocenters. The molecular weight excluding hydrogens is 108 g/mol. The summed E-state index contributed by atoms with van der Waals surface area (Å²) in [5.41, 5.74) is 1.25. The summed E-state index contributed by atoms with van der Waals surface area (Å²) in [6, 6.07) is 0. The Bertz CT molecular complexity index is 101. The van der Waals surface area contributed by atoms with Crippen molar-refractivity contribution >= 4 is 0 Å². The third-order valence-electron chi connectivity index (χ3n) is 1.47. The first-order valence-electron chi connectivity index (χ1n) is 3.47. The lowest BCUT2D eigenvalue weighted by molar-refractivity contribution is 0.623. The monoisotopic (exact) mass is 124 g/mol. The van der Waals surface area contributed by atoms with Gasteiger partial charge in [0.05, 0.1) is 0 Å². The topological polar surface area (TPSA) is 0 Å². The Hall–Kier alpha value is -0.520. The van der Waals surface area contributed by atoms with Gasteiger partial charge in [0.25, 0.3) is 0 Å². The van der Waals surface area contributed by atoms with Crippen LogP contribution in [0.3, 0.4) is 0 Å². The highest BCUT2D eigenvalue weighted by Crippen LogP contribution is 2.13. The molecule has 0 aromatic heterocycles. The summed E-state index contributed by atoms with van der Waals surface area (Å²) in [6.45, 7) is 11.8. The number of allylic oxidation sites excluding steroid dienone is 2. The van der Waals surface area contributed by atoms with E-state index in [1.807, 2.05) is 6.08 Å². The average Bonchev–Trinajstić information content (AvgIpc) is 1.82. The van der Waals surface area contributed by atoms with E-state index in [0.29, 0.717) is 5.92 Å². The van der Waals surface area contributed by atoms with Gasteiger partial charge in [-0.15, -0.1) is 13.2 Å². The molecule has 0 aromatic carbocycles. The van der Waals surface area contributed by atoms with Crippen LogP contribution in [0.2, 0.25) is 0 Å². The Balaban J connectivity index is 3.55. The molecule has 0 rings (SSSR count). The van der Waals surface area contributed by atoms with E-state index in [0.717, 1.165) is 6.42 Å². The first kappa shape index (κ1) is 8.48. The van der Waals surface area contributed by atoms with E-state index in [9.17, 15) is 0 Å². The SMILES string of the molecule is C=CC(CC)CC(=C)C. The van der Waals surface area contributed by atoms with Crippen molar-refractivity contribution in [3.63, 3.8) is 0 Å². The van der Waals surface area contributed by atoms with Crippen LogP contribution < -0.4 is 0 Å². The van der Waals surface area contributed by atoms with Crippen LogP contribution >= 0.6 is 0 Å². The van der Waals surface area contributed by atoms with Crippen molar-refractivity contribution in [2.45, 2.75) is 26.7 Å². The maximum absolute atomic E-state index is 3.84. The minimum absolute atomic E-state index is 0.641. The Kier molecular flexibility index (Phi) is 4.12. The van der Waals surface area contributed by atoms with Crippen LogP contribution in [0.5, 0.6) is 0 Å². The lowest BCUT2D eigenvalue weighted by Gasteiger charge is -2.07. The molecule has 0 aliphatic carbocycles. The lowest BCUT2D eigenvalue weighted by Crippen LogP contribution is -1.92. The fourth-order valence-corrected chi connectivity index (χ4v) is 0.842. The summed E-state index contributed by atoms with van der Waals surface area (Å²) in [5, 5.41) is 0. The standard InChI is InChI=1S/C9H16/c1-5-9(6-2)7-8(3)4/h5,9H,1,3,6-7H2,2,4H3. The zero-order chi connectivity index (χ0) is 7.28. The molecule has 0 saturated heterocycles. The van der Waals surface area contributed by atoms with Gasteiger partial charge in [0.2, 0.25) is 0 Å². The van der Waals surface area contributed by atoms with E-state index in [1.54, 1.807) is 0 Å². The Morgan fingerprint density at radius 2 is 2.22 bits per heavy atom. The summed E-state index contributed by atoms with van der Waals surface area (Å²) >= 11 is 0. The van der Waals surface area contributed by atoms with E-state index in [-0.39, 0.29) is 0 Å². The fourth-order valence-electron chi connectivity index (χ4n) is 0.842. The second-order valence-electron chi connectivity index (χ2n) is 2.57. The maximum Gasteiger partial charge on any atom is -0.0202 e. The van der Waals surface area contributed by atoms with Crippen LogP contribution in [0.15, 0.2) is 24.8 Å². The van der Waals surface area contributed by atoms with Gasteiger partial charge in [-0.1, -0.05) is 18.6 Å². The van der Waals surface area contributed by atoms with Gasteiger partial charge in [-0.25, -0.2) is 0 Å². The highest BCUT2D eigenvalue weighted by atomic mass is 14.0. The highest BCUT2D eigenvalue weighted by molar-refractivity contribution is 4.94. The molecule has 0 bridgehead atoms. The van der Waals surface area contributed by atoms with Gasteiger partial charge in [0, 0.05) is 0 Å². The lowest BCUT2D eigenvalue weighted by atomic mass is 9.99. The van der Waals surface area contributed by atoms with Gasteiger partial charge in [-0.05, 0) is 25.7 Å². The number of hydrogen-bond donors (Lipinski definition) is 0. The molecule has 0 heterocycles. The van der Waals surface area contributed by atoms with E-state index >= 15 is 0 Å². The highest BCUT2D eigenvalue weighted by Gasteiger charge is 1.98. The molecule has 0 N–H and O–H groups in total. The Morgan fingerprint density at radius 3 is 2.33 bits per heavy atom. The van der Waals surface area contributed by atoms with E-state index in [4.69, 9.17) is 0 Å². The molecule has 0 nitrogen and oxygen atoms in total. The van der Waals surface area contributed by atoms with Crippen molar-refractivity contribution in [2.24, 2.45) is 5.92 Å². The van der Waals surface area contributed by atoms with Crippen molar-refractivity contribution in [3.8, 4) is 0 Å². The quantitative estimate of drug-likeness (QED) is 0.505. The number of rotatable bonds is 4. The van der Waals surface area contributed by atoms with Crippen LogP contribution in [0, 0.1) is 5.92 Å². The summed E-state index contributed by atoms with van der Waals surface area (Å²) in [5.74, 6) is 0.641. The zero-order valence-electron chi connectivity index (χ0n) is 6.48. The van der Waals surface area contributed by atoms with Crippen LogP contribution in [0.1, 0.15) is 26.7 Å². The Labute approximate surface area is 58.3 Å². The van der Waals surface area contributed by atoms with Crippen LogP contribution in [0.25, 0.3) is 0 Å². The van der Waals surface area contributed by atoms with Crippen molar-refractivity contribution in [1.82, 2.24) is 0 Å². The molecule has 0 aromatic rings. The van der Waals surface area contributed by atoms with Crippen LogP contribution in [-0.2, 0) is 0 Å². The smallest absolute Gasteiger partial charge is 0.0202 e. The zero-order valence-corrected chi connectivity index (χ0v) is 6.48. The predicted molar refractivity (Wildman–Crippen MR) is 43.4 cm³/mol. The minimum Gasteiger partial charge on any atom is -0.103 e. The van der Waals surface area contributed by atoms with Gasteiger partial charge in [-0.2, -0.15) is 0 Å². The van der Waals surface area contributed by atoms with Gasteiger partial charge < -0.3 is 0 Å². The van der Waals surface area contributed by atoms with Crippen LogP contribution in [-0.4, -0.2) is 0 Å². The molecular formula is C9H16.